The predicted octanol–water partition coefficient (Wildman–Crippen LogP) is 2.71. The molecule has 0 aromatic carbocycles. The van der Waals surface area contributed by atoms with Crippen LogP contribution in [0.1, 0.15) is 53.4 Å². The van der Waals surface area contributed by atoms with Crippen LogP contribution in [0.15, 0.2) is 0 Å². The molecule has 0 aliphatic carbocycles. The standard InChI is InChI=1S/C12H25NO3/c1-5-7-10(14)8-6-9-13(11(15)16)12(2,3)4/h10,14H,5-9H2,1-4H3,(H,15,16). The van der Waals surface area contributed by atoms with E-state index in [9.17, 15) is 9.90 Å². The van der Waals surface area contributed by atoms with Crippen LogP contribution in [0.25, 0.3) is 0 Å². The second-order valence-corrected chi connectivity index (χ2v) is 5.19. The largest absolute Gasteiger partial charge is 0.465 e. The van der Waals surface area contributed by atoms with Crippen LogP contribution in [0, 0.1) is 0 Å². The molecular formula is C12H25NO3. The molecule has 1 unspecified atom stereocenters. The fraction of sp³-hybridized carbons (Fsp3) is 0.917. The first kappa shape index (κ1) is 15.2. The Morgan fingerprint density at radius 3 is 2.25 bits per heavy atom. The number of hydrogen-bond acceptors (Lipinski definition) is 2. The third kappa shape index (κ3) is 5.95. The van der Waals surface area contributed by atoms with E-state index in [-0.39, 0.29) is 11.6 Å². The summed E-state index contributed by atoms with van der Waals surface area (Å²) in [5, 5.41) is 18.6. The Balaban J connectivity index is 4.00. The number of carbonyl (C=O) groups is 1. The highest BCUT2D eigenvalue weighted by atomic mass is 16.4. The highest BCUT2D eigenvalue weighted by Gasteiger charge is 2.25. The van der Waals surface area contributed by atoms with Crippen LogP contribution >= 0.6 is 0 Å². The highest BCUT2D eigenvalue weighted by Crippen LogP contribution is 2.15. The first-order valence-corrected chi connectivity index (χ1v) is 5.97. The maximum Gasteiger partial charge on any atom is 0.407 e. The van der Waals surface area contributed by atoms with Gasteiger partial charge in [-0.15, -0.1) is 0 Å². The molecule has 0 rings (SSSR count). The number of amides is 1. The third-order valence-electron chi connectivity index (χ3n) is 2.58. The molecular weight excluding hydrogens is 206 g/mol. The van der Waals surface area contributed by atoms with Crippen molar-refractivity contribution in [3.8, 4) is 0 Å². The van der Waals surface area contributed by atoms with Gasteiger partial charge in [0.05, 0.1) is 6.10 Å². The zero-order valence-corrected chi connectivity index (χ0v) is 10.9. The third-order valence-corrected chi connectivity index (χ3v) is 2.58. The van der Waals surface area contributed by atoms with Crippen molar-refractivity contribution >= 4 is 6.09 Å². The molecule has 0 aliphatic heterocycles. The first-order chi connectivity index (χ1) is 7.29. The molecule has 16 heavy (non-hydrogen) atoms. The number of rotatable bonds is 6. The fourth-order valence-corrected chi connectivity index (χ4v) is 1.68. The van der Waals surface area contributed by atoms with Crippen molar-refractivity contribution in [1.82, 2.24) is 4.90 Å². The van der Waals surface area contributed by atoms with E-state index >= 15 is 0 Å². The summed E-state index contributed by atoms with van der Waals surface area (Å²) in [5.41, 5.74) is -0.373. The maximum atomic E-state index is 11.0. The molecule has 0 aliphatic rings. The monoisotopic (exact) mass is 231 g/mol. The van der Waals surface area contributed by atoms with Gasteiger partial charge in [-0.05, 0) is 40.0 Å². The van der Waals surface area contributed by atoms with Crippen LogP contribution in [0.4, 0.5) is 4.79 Å². The lowest BCUT2D eigenvalue weighted by molar-refractivity contribution is 0.0914. The smallest absolute Gasteiger partial charge is 0.407 e. The van der Waals surface area contributed by atoms with E-state index < -0.39 is 6.09 Å². The van der Waals surface area contributed by atoms with Crippen molar-refractivity contribution in [1.29, 1.82) is 0 Å². The molecule has 0 aromatic heterocycles. The van der Waals surface area contributed by atoms with E-state index in [1.165, 1.54) is 4.90 Å². The van der Waals surface area contributed by atoms with Gasteiger partial charge in [-0.1, -0.05) is 13.3 Å². The number of carboxylic acid groups (broad SMARTS) is 1. The summed E-state index contributed by atoms with van der Waals surface area (Å²) in [6.07, 6.45) is 1.96. The van der Waals surface area contributed by atoms with Crippen molar-refractivity contribution in [2.45, 2.75) is 65.0 Å². The van der Waals surface area contributed by atoms with Gasteiger partial charge in [0, 0.05) is 12.1 Å². The quantitative estimate of drug-likeness (QED) is 0.739. The molecule has 2 N–H and O–H groups in total. The van der Waals surface area contributed by atoms with Gasteiger partial charge in [0.25, 0.3) is 0 Å². The lowest BCUT2D eigenvalue weighted by Crippen LogP contribution is -2.45. The molecule has 4 heteroatoms. The molecule has 1 atom stereocenters. The van der Waals surface area contributed by atoms with Crippen molar-refractivity contribution in [3.63, 3.8) is 0 Å². The molecule has 0 radical (unpaired) electrons. The summed E-state index contributed by atoms with van der Waals surface area (Å²) in [4.78, 5) is 12.4. The van der Waals surface area contributed by atoms with E-state index in [2.05, 4.69) is 0 Å². The summed E-state index contributed by atoms with van der Waals surface area (Å²) in [6.45, 7) is 8.15. The van der Waals surface area contributed by atoms with Gasteiger partial charge in [0.2, 0.25) is 0 Å². The Bertz CT molecular complexity index is 211. The van der Waals surface area contributed by atoms with Crippen LogP contribution in [-0.4, -0.2) is 39.4 Å². The van der Waals surface area contributed by atoms with Crippen molar-refractivity contribution in [3.05, 3.63) is 0 Å². The molecule has 96 valence electrons. The average Bonchev–Trinajstić information content (AvgIpc) is 2.10. The van der Waals surface area contributed by atoms with Crippen LogP contribution < -0.4 is 0 Å². The van der Waals surface area contributed by atoms with Crippen molar-refractivity contribution < 1.29 is 15.0 Å². The Kier molecular flexibility index (Phi) is 6.41. The highest BCUT2D eigenvalue weighted by molar-refractivity contribution is 5.65. The molecule has 0 spiro atoms. The maximum absolute atomic E-state index is 11.0. The van der Waals surface area contributed by atoms with Gasteiger partial charge < -0.3 is 15.1 Å². The Morgan fingerprint density at radius 2 is 1.88 bits per heavy atom. The lowest BCUT2D eigenvalue weighted by atomic mass is 10.0. The Labute approximate surface area is 98.3 Å². The van der Waals surface area contributed by atoms with Crippen LogP contribution in [-0.2, 0) is 0 Å². The minimum Gasteiger partial charge on any atom is -0.465 e. The number of aliphatic hydroxyl groups is 1. The second kappa shape index (κ2) is 6.74. The zero-order valence-electron chi connectivity index (χ0n) is 10.9. The van der Waals surface area contributed by atoms with E-state index in [0.29, 0.717) is 19.4 Å². The van der Waals surface area contributed by atoms with Crippen molar-refractivity contribution in [2.24, 2.45) is 0 Å². The molecule has 0 saturated carbocycles. The van der Waals surface area contributed by atoms with Gasteiger partial charge in [0.1, 0.15) is 0 Å². The SMILES string of the molecule is CCCC(O)CCCN(C(=O)O)C(C)(C)C. The molecule has 0 aromatic rings. The van der Waals surface area contributed by atoms with E-state index in [0.717, 1.165) is 12.8 Å². The molecule has 0 saturated heterocycles. The van der Waals surface area contributed by atoms with E-state index in [4.69, 9.17) is 5.11 Å². The van der Waals surface area contributed by atoms with Gasteiger partial charge >= 0.3 is 6.09 Å². The lowest BCUT2D eigenvalue weighted by Gasteiger charge is -2.33. The van der Waals surface area contributed by atoms with E-state index in [1.807, 2.05) is 27.7 Å². The summed E-state index contributed by atoms with van der Waals surface area (Å²) in [6, 6.07) is 0. The minimum absolute atomic E-state index is 0.291. The topological polar surface area (TPSA) is 60.8 Å². The Hall–Kier alpha value is -0.770. The zero-order chi connectivity index (χ0) is 12.8. The summed E-state index contributed by atoms with van der Waals surface area (Å²) >= 11 is 0. The normalized spacial score (nSPS) is 13.6. The molecule has 0 bridgehead atoms. The summed E-state index contributed by atoms with van der Waals surface area (Å²) in [5.74, 6) is 0. The van der Waals surface area contributed by atoms with Crippen LogP contribution in [0.3, 0.4) is 0 Å². The van der Waals surface area contributed by atoms with Crippen molar-refractivity contribution in [2.75, 3.05) is 6.54 Å². The molecule has 1 amide bonds. The van der Waals surface area contributed by atoms with Gasteiger partial charge in [-0.25, -0.2) is 4.79 Å². The van der Waals surface area contributed by atoms with Gasteiger partial charge in [0.15, 0.2) is 0 Å². The van der Waals surface area contributed by atoms with Crippen LogP contribution in [0.5, 0.6) is 0 Å². The minimum atomic E-state index is -0.891. The molecule has 0 heterocycles. The van der Waals surface area contributed by atoms with Crippen LogP contribution in [0.2, 0.25) is 0 Å². The Morgan fingerprint density at radius 1 is 1.31 bits per heavy atom. The molecule has 0 fully saturated rings. The van der Waals surface area contributed by atoms with Gasteiger partial charge in [-0.2, -0.15) is 0 Å². The summed E-state index contributed by atoms with van der Waals surface area (Å²) < 4.78 is 0. The second-order valence-electron chi connectivity index (χ2n) is 5.19. The fourth-order valence-electron chi connectivity index (χ4n) is 1.68. The number of hydrogen-bond donors (Lipinski definition) is 2. The van der Waals surface area contributed by atoms with Gasteiger partial charge in [-0.3, -0.25) is 0 Å². The van der Waals surface area contributed by atoms with E-state index in [1.54, 1.807) is 0 Å². The predicted molar refractivity (Wildman–Crippen MR) is 64.6 cm³/mol. The number of nitrogens with zero attached hydrogens (tertiary/aromatic N) is 1. The first-order valence-electron chi connectivity index (χ1n) is 5.97. The molecule has 4 nitrogen and oxygen atoms in total. The average molecular weight is 231 g/mol. The number of aliphatic hydroxyl groups excluding tert-OH is 1. The summed E-state index contributed by atoms with van der Waals surface area (Å²) in [7, 11) is 0.